The molecule has 1 heterocycles. The van der Waals surface area contributed by atoms with Gasteiger partial charge in [0.05, 0.1) is 6.10 Å². The lowest BCUT2D eigenvalue weighted by molar-refractivity contribution is 0.0904. The van der Waals surface area contributed by atoms with E-state index in [1.54, 1.807) is 0 Å². The molecule has 0 bridgehead atoms. The molecule has 0 N–H and O–H groups in total. The van der Waals surface area contributed by atoms with Gasteiger partial charge in [-0.1, -0.05) is 12.2 Å². The normalized spacial score (nSPS) is 40.9. The van der Waals surface area contributed by atoms with E-state index >= 15 is 0 Å². The molecule has 2 rings (SSSR count). The second-order valence-corrected chi connectivity index (χ2v) is 2.90. The van der Waals surface area contributed by atoms with E-state index in [9.17, 15) is 0 Å². The molecule has 0 radical (unpaired) electrons. The van der Waals surface area contributed by atoms with Crippen molar-refractivity contribution in [1.82, 2.24) is 0 Å². The van der Waals surface area contributed by atoms with Gasteiger partial charge in [0, 0.05) is 6.61 Å². The smallest absolute Gasteiger partial charge is 0.0641 e. The highest BCUT2D eigenvalue weighted by Gasteiger charge is 2.27. The van der Waals surface area contributed by atoms with Crippen LogP contribution in [0.5, 0.6) is 0 Å². The molecule has 1 aliphatic carbocycles. The summed E-state index contributed by atoms with van der Waals surface area (Å²) in [7, 11) is 0. The number of fused-ring (bicyclic) bond motifs is 1. The first-order chi connectivity index (χ1) is 4.47. The van der Waals surface area contributed by atoms with Gasteiger partial charge in [0.25, 0.3) is 0 Å². The zero-order valence-corrected chi connectivity index (χ0v) is 5.55. The topological polar surface area (TPSA) is 9.23 Å². The maximum absolute atomic E-state index is 5.51. The number of hydrogen-bond donors (Lipinski definition) is 0. The highest BCUT2D eigenvalue weighted by Crippen LogP contribution is 2.29. The molecule has 2 unspecified atom stereocenters. The van der Waals surface area contributed by atoms with Gasteiger partial charge in [-0.2, -0.15) is 0 Å². The van der Waals surface area contributed by atoms with Crippen LogP contribution in [0, 0.1) is 5.92 Å². The predicted octanol–water partition coefficient (Wildman–Crippen LogP) is 1.74. The van der Waals surface area contributed by atoms with E-state index in [2.05, 4.69) is 12.2 Å². The van der Waals surface area contributed by atoms with Gasteiger partial charge in [-0.15, -0.1) is 0 Å². The summed E-state index contributed by atoms with van der Waals surface area (Å²) < 4.78 is 5.51. The van der Waals surface area contributed by atoms with Crippen LogP contribution in [0.2, 0.25) is 0 Å². The summed E-state index contributed by atoms with van der Waals surface area (Å²) in [5.41, 5.74) is 0. The lowest BCUT2D eigenvalue weighted by Crippen LogP contribution is -2.16. The Labute approximate surface area is 55.7 Å². The molecule has 0 saturated carbocycles. The Balaban J connectivity index is 2.07. The van der Waals surface area contributed by atoms with E-state index < -0.39 is 0 Å². The molecule has 9 heavy (non-hydrogen) atoms. The van der Waals surface area contributed by atoms with Gasteiger partial charge < -0.3 is 4.74 Å². The van der Waals surface area contributed by atoms with Crippen molar-refractivity contribution < 1.29 is 4.74 Å². The lowest BCUT2D eigenvalue weighted by Gasteiger charge is -2.18. The fourth-order valence-corrected chi connectivity index (χ4v) is 1.72. The second kappa shape index (κ2) is 2.14. The average Bonchev–Trinajstić information content (AvgIpc) is 2.33. The Kier molecular flexibility index (Phi) is 1.31. The van der Waals surface area contributed by atoms with Crippen molar-refractivity contribution in [3.05, 3.63) is 12.2 Å². The van der Waals surface area contributed by atoms with Gasteiger partial charge in [0.2, 0.25) is 0 Å². The molecule has 2 atom stereocenters. The second-order valence-electron chi connectivity index (χ2n) is 2.90. The molecule has 1 aliphatic heterocycles. The molecular weight excluding hydrogens is 112 g/mol. The first-order valence-corrected chi connectivity index (χ1v) is 3.73. The van der Waals surface area contributed by atoms with E-state index in [0.717, 1.165) is 18.9 Å². The van der Waals surface area contributed by atoms with Gasteiger partial charge in [-0.3, -0.25) is 0 Å². The van der Waals surface area contributed by atoms with E-state index in [1.165, 1.54) is 12.8 Å². The van der Waals surface area contributed by atoms with Crippen molar-refractivity contribution in [2.75, 3.05) is 6.61 Å². The van der Waals surface area contributed by atoms with Crippen LogP contribution in [0.25, 0.3) is 0 Å². The third-order valence-corrected chi connectivity index (χ3v) is 2.32. The minimum atomic E-state index is 0.579. The van der Waals surface area contributed by atoms with Crippen LogP contribution in [0.15, 0.2) is 12.2 Å². The number of hydrogen-bond acceptors (Lipinski definition) is 1. The summed E-state index contributed by atoms with van der Waals surface area (Å²) in [6.45, 7) is 0.997. The molecule has 0 aromatic carbocycles. The number of rotatable bonds is 0. The van der Waals surface area contributed by atoms with Crippen LogP contribution in [-0.4, -0.2) is 12.7 Å². The predicted molar refractivity (Wildman–Crippen MR) is 36.2 cm³/mol. The minimum absolute atomic E-state index is 0.579. The van der Waals surface area contributed by atoms with Gasteiger partial charge in [-0.05, 0) is 25.2 Å². The summed E-state index contributed by atoms with van der Waals surface area (Å²) in [4.78, 5) is 0. The Bertz CT molecular complexity index is 115. The Morgan fingerprint density at radius 1 is 1.22 bits per heavy atom. The van der Waals surface area contributed by atoms with Crippen molar-refractivity contribution in [3.63, 3.8) is 0 Å². The quantitative estimate of drug-likeness (QED) is 0.447. The maximum atomic E-state index is 5.51. The molecule has 1 saturated heterocycles. The summed E-state index contributed by atoms with van der Waals surface area (Å²) in [5, 5.41) is 0. The third kappa shape index (κ3) is 0.897. The van der Waals surface area contributed by atoms with Crippen molar-refractivity contribution >= 4 is 0 Å². The summed E-state index contributed by atoms with van der Waals surface area (Å²) in [6, 6.07) is 0. The monoisotopic (exact) mass is 124 g/mol. The van der Waals surface area contributed by atoms with Gasteiger partial charge >= 0.3 is 0 Å². The van der Waals surface area contributed by atoms with Crippen molar-refractivity contribution in [1.29, 1.82) is 0 Å². The minimum Gasteiger partial charge on any atom is -0.378 e. The van der Waals surface area contributed by atoms with Crippen molar-refractivity contribution in [2.24, 2.45) is 5.92 Å². The van der Waals surface area contributed by atoms with Crippen LogP contribution >= 0.6 is 0 Å². The molecule has 50 valence electrons. The highest BCUT2D eigenvalue weighted by molar-refractivity contribution is 4.97. The van der Waals surface area contributed by atoms with Gasteiger partial charge in [0.15, 0.2) is 0 Å². The molecule has 0 aromatic heterocycles. The van der Waals surface area contributed by atoms with Gasteiger partial charge in [0.1, 0.15) is 0 Å². The molecule has 0 amide bonds. The van der Waals surface area contributed by atoms with Crippen LogP contribution < -0.4 is 0 Å². The molecule has 0 aromatic rings. The SMILES string of the molecule is C1=CCC2OCCC2C1. The lowest BCUT2D eigenvalue weighted by atomic mass is 9.91. The van der Waals surface area contributed by atoms with Crippen LogP contribution in [0.3, 0.4) is 0 Å². The first-order valence-electron chi connectivity index (χ1n) is 3.73. The average molecular weight is 124 g/mol. The fourth-order valence-electron chi connectivity index (χ4n) is 1.72. The fraction of sp³-hybridized carbons (Fsp3) is 0.750. The maximum Gasteiger partial charge on any atom is 0.0641 e. The molecule has 0 spiro atoms. The largest absolute Gasteiger partial charge is 0.378 e. The zero-order chi connectivity index (χ0) is 6.10. The first kappa shape index (κ1) is 5.48. The number of ether oxygens (including phenoxy) is 1. The molecule has 2 aliphatic rings. The molecule has 1 heteroatoms. The van der Waals surface area contributed by atoms with E-state index in [0.29, 0.717) is 6.10 Å². The highest BCUT2D eigenvalue weighted by atomic mass is 16.5. The molecule has 1 nitrogen and oxygen atoms in total. The summed E-state index contributed by atoms with van der Waals surface area (Å²) in [6.07, 6.45) is 8.81. The van der Waals surface area contributed by atoms with Crippen LogP contribution in [-0.2, 0) is 4.74 Å². The van der Waals surface area contributed by atoms with Crippen molar-refractivity contribution in [3.8, 4) is 0 Å². The Hall–Kier alpha value is -0.300. The summed E-state index contributed by atoms with van der Waals surface area (Å²) >= 11 is 0. The van der Waals surface area contributed by atoms with E-state index in [-0.39, 0.29) is 0 Å². The Morgan fingerprint density at radius 2 is 2.11 bits per heavy atom. The van der Waals surface area contributed by atoms with Crippen LogP contribution in [0.1, 0.15) is 19.3 Å². The third-order valence-electron chi connectivity index (χ3n) is 2.32. The van der Waals surface area contributed by atoms with E-state index in [4.69, 9.17) is 4.74 Å². The standard InChI is InChI=1S/C8H12O/c1-2-4-8-7(3-1)5-6-9-8/h1-2,7-8H,3-6H2. The van der Waals surface area contributed by atoms with Gasteiger partial charge in [-0.25, -0.2) is 0 Å². The summed E-state index contributed by atoms with van der Waals surface area (Å²) in [5.74, 6) is 0.856. The van der Waals surface area contributed by atoms with Crippen LogP contribution in [0.4, 0.5) is 0 Å². The van der Waals surface area contributed by atoms with Crippen molar-refractivity contribution in [2.45, 2.75) is 25.4 Å². The Morgan fingerprint density at radius 3 is 3.00 bits per heavy atom. The zero-order valence-electron chi connectivity index (χ0n) is 5.55. The number of allylic oxidation sites excluding steroid dienone is 1. The van der Waals surface area contributed by atoms with E-state index in [1.807, 2.05) is 0 Å². The molecule has 1 fully saturated rings. The molecular formula is C8H12O.